The van der Waals surface area contributed by atoms with Gasteiger partial charge in [-0.1, -0.05) is 0 Å². The van der Waals surface area contributed by atoms with Crippen molar-refractivity contribution in [1.82, 2.24) is 10.6 Å². The Morgan fingerprint density at radius 2 is 2.31 bits per heavy atom. The van der Waals surface area contributed by atoms with E-state index < -0.39 is 0 Å². The molecule has 4 nitrogen and oxygen atoms in total. The average molecular weight is 188 g/mol. The molecule has 1 fully saturated rings. The summed E-state index contributed by atoms with van der Waals surface area (Å²) in [6, 6.07) is 0.644. The smallest absolute Gasteiger partial charge is 0.0700 e. The minimum atomic E-state index is 0.644. The molecule has 13 heavy (non-hydrogen) atoms. The summed E-state index contributed by atoms with van der Waals surface area (Å²) >= 11 is 0. The Hall–Kier alpha value is -0.160. The molecule has 0 amide bonds. The molecule has 0 aromatic rings. The molecular weight excluding hydrogens is 168 g/mol. The number of rotatable bonds is 7. The second-order valence-corrected chi connectivity index (χ2v) is 3.25. The van der Waals surface area contributed by atoms with Crippen LogP contribution in [0.1, 0.15) is 6.42 Å². The minimum Gasteiger partial charge on any atom is -0.382 e. The van der Waals surface area contributed by atoms with Gasteiger partial charge in [-0.15, -0.1) is 0 Å². The van der Waals surface area contributed by atoms with Gasteiger partial charge in [0.05, 0.1) is 19.8 Å². The van der Waals surface area contributed by atoms with Gasteiger partial charge in [-0.25, -0.2) is 0 Å². The zero-order valence-electron chi connectivity index (χ0n) is 8.34. The van der Waals surface area contributed by atoms with Crippen molar-refractivity contribution in [1.29, 1.82) is 0 Å². The lowest BCUT2D eigenvalue weighted by Gasteiger charge is -2.10. The van der Waals surface area contributed by atoms with Crippen LogP contribution in [0, 0.1) is 0 Å². The van der Waals surface area contributed by atoms with E-state index in [9.17, 15) is 0 Å². The Bertz CT molecular complexity index is 116. The highest BCUT2D eigenvalue weighted by Crippen LogP contribution is 1.95. The first-order valence-corrected chi connectivity index (χ1v) is 4.94. The second kappa shape index (κ2) is 7.26. The molecule has 0 saturated carbocycles. The average Bonchev–Trinajstić information content (AvgIpc) is 2.63. The molecule has 0 radical (unpaired) electrons. The summed E-state index contributed by atoms with van der Waals surface area (Å²) in [5.74, 6) is 0. The van der Waals surface area contributed by atoms with Crippen LogP contribution >= 0.6 is 0 Å². The first-order chi connectivity index (χ1) is 6.43. The van der Waals surface area contributed by atoms with Crippen LogP contribution in [0.3, 0.4) is 0 Å². The van der Waals surface area contributed by atoms with E-state index in [0.29, 0.717) is 19.3 Å². The summed E-state index contributed by atoms with van der Waals surface area (Å²) < 4.78 is 10.2. The van der Waals surface area contributed by atoms with Crippen molar-refractivity contribution in [2.45, 2.75) is 12.5 Å². The lowest BCUT2D eigenvalue weighted by atomic mass is 10.3. The van der Waals surface area contributed by atoms with Crippen LogP contribution in [-0.4, -0.2) is 52.6 Å². The second-order valence-electron chi connectivity index (χ2n) is 3.25. The molecule has 0 bridgehead atoms. The summed E-state index contributed by atoms with van der Waals surface area (Å²) in [6.45, 7) is 5.34. The number of hydrogen-bond donors (Lipinski definition) is 2. The standard InChI is InChI=1S/C9H20N2O2/c1-12-6-7-13-5-4-11-9-2-3-10-8-9/h9-11H,2-8H2,1H3. The Labute approximate surface area is 80.0 Å². The van der Waals surface area contributed by atoms with Crippen molar-refractivity contribution < 1.29 is 9.47 Å². The van der Waals surface area contributed by atoms with Crippen LogP contribution in [0.15, 0.2) is 0 Å². The molecule has 1 aliphatic heterocycles. The summed E-state index contributed by atoms with van der Waals surface area (Å²) in [5, 5.41) is 6.74. The maximum Gasteiger partial charge on any atom is 0.0700 e. The Morgan fingerprint density at radius 1 is 1.38 bits per heavy atom. The van der Waals surface area contributed by atoms with Gasteiger partial charge in [0.1, 0.15) is 0 Å². The van der Waals surface area contributed by atoms with Crippen LogP contribution in [0.5, 0.6) is 0 Å². The van der Waals surface area contributed by atoms with E-state index in [1.807, 2.05) is 0 Å². The van der Waals surface area contributed by atoms with Crippen molar-refractivity contribution >= 4 is 0 Å². The van der Waals surface area contributed by atoms with Crippen LogP contribution in [0.4, 0.5) is 0 Å². The molecule has 1 atom stereocenters. The highest BCUT2D eigenvalue weighted by atomic mass is 16.5. The fraction of sp³-hybridized carbons (Fsp3) is 1.00. The zero-order chi connectivity index (χ0) is 9.36. The third kappa shape index (κ3) is 5.21. The van der Waals surface area contributed by atoms with E-state index in [1.54, 1.807) is 7.11 Å². The fourth-order valence-electron chi connectivity index (χ4n) is 1.41. The molecule has 78 valence electrons. The van der Waals surface area contributed by atoms with Gasteiger partial charge in [-0.3, -0.25) is 0 Å². The SMILES string of the molecule is COCCOCCNC1CCNC1. The van der Waals surface area contributed by atoms with Crippen molar-refractivity contribution in [2.75, 3.05) is 46.6 Å². The quantitative estimate of drug-likeness (QED) is 0.534. The first kappa shape index (κ1) is 10.9. The molecule has 0 spiro atoms. The fourth-order valence-corrected chi connectivity index (χ4v) is 1.41. The highest BCUT2D eigenvalue weighted by molar-refractivity contribution is 4.76. The van der Waals surface area contributed by atoms with E-state index in [4.69, 9.17) is 9.47 Å². The largest absolute Gasteiger partial charge is 0.382 e. The summed E-state index contributed by atoms with van der Waals surface area (Å²) in [5.41, 5.74) is 0. The number of ether oxygens (including phenoxy) is 2. The maximum atomic E-state index is 5.33. The molecule has 0 aliphatic carbocycles. The molecule has 0 aromatic heterocycles. The van der Waals surface area contributed by atoms with Crippen molar-refractivity contribution in [3.05, 3.63) is 0 Å². The molecule has 1 aliphatic rings. The predicted octanol–water partition coefficient (Wildman–Crippen LogP) is -0.399. The minimum absolute atomic E-state index is 0.644. The molecule has 1 heterocycles. The number of nitrogens with one attached hydrogen (secondary N) is 2. The number of methoxy groups -OCH3 is 1. The van der Waals surface area contributed by atoms with Crippen LogP contribution in [0.2, 0.25) is 0 Å². The van der Waals surface area contributed by atoms with E-state index in [-0.39, 0.29) is 0 Å². The predicted molar refractivity (Wildman–Crippen MR) is 52.0 cm³/mol. The van der Waals surface area contributed by atoms with Gasteiger partial charge in [0, 0.05) is 26.2 Å². The summed E-state index contributed by atoms with van der Waals surface area (Å²) in [7, 11) is 1.69. The van der Waals surface area contributed by atoms with Crippen molar-refractivity contribution in [2.24, 2.45) is 0 Å². The Balaban J connectivity index is 1.78. The molecular formula is C9H20N2O2. The monoisotopic (exact) mass is 188 g/mol. The van der Waals surface area contributed by atoms with Crippen LogP contribution in [0.25, 0.3) is 0 Å². The Morgan fingerprint density at radius 3 is 3.00 bits per heavy atom. The maximum absolute atomic E-state index is 5.33. The molecule has 2 N–H and O–H groups in total. The third-order valence-corrected chi connectivity index (χ3v) is 2.17. The topological polar surface area (TPSA) is 42.5 Å². The van der Waals surface area contributed by atoms with Gasteiger partial charge in [-0.05, 0) is 13.0 Å². The highest BCUT2D eigenvalue weighted by Gasteiger charge is 2.12. The van der Waals surface area contributed by atoms with E-state index in [2.05, 4.69) is 10.6 Å². The Kier molecular flexibility index (Phi) is 6.10. The third-order valence-electron chi connectivity index (χ3n) is 2.17. The van der Waals surface area contributed by atoms with Gasteiger partial charge >= 0.3 is 0 Å². The lowest BCUT2D eigenvalue weighted by molar-refractivity contribution is 0.0712. The van der Waals surface area contributed by atoms with E-state index >= 15 is 0 Å². The van der Waals surface area contributed by atoms with E-state index in [1.165, 1.54) is 6.42 Å². The summed E-state index contributed by atoms with van der Waals surface area (Å²) in [4.78, 5) is 0. The summed E-state index contributed by atoms with van der Waals surface area (Å²) in [6.07, 6.45) is 1.23. The van der Waals surface area contributed by atoms with Crippen molar-refractivity contribution in [3.8, 4) is 0 Å². The van der Waals surface area contributed by atoms with Gasteiger partial charge in [-0.2, -0.15) is 0 Å². The lowest BCUT2D eigenvalue weighted by Crippen LogP contribution is -2.33. The van der Waals surface area contributed by atoms with Crippen molar-refractivity contribution in [3.63, 3.8) is 0 Å². The normalized spacial score (nSPS) is 22.4. The zero-order valence-corrected chi connectivity index (χ0v) is 8.34. The van der Waals surface area contributed by atoms with Gasteiger partial charge in [0.2, 0.25) is 0 Å². The van der Waals surface area contributed by atoms with Crippen LogP contribution in [-0.2, 0) is 9.47 Å². The molecule has 4 heteroatoms. The van der Waals surface area contributed by atoms with Gasteiger partial charge < -0.3 is 20.1 Å². The molecule has 0 aromatic carbocycles. The van der Waals surface area contributed by atoms with Gasteiger partial charge in [0.15, 0.2) is 0 Å². The molecule has 1 unspecified atom stereocenters. The molecule has 1 rings (SSSR count). The van der Waals surface area contributed by atoms with E-state index in [0.717, 1.165) is 26.2 Å². The van der Waals surface area contributed by atoms with Crippen LogP contribution < -0.4 is 10.6 Å². The first-order valence-electron chi connectivity index (χ1n) is 4.94. The molecule has 1 saturated heterocycles. The number of hydrogen-bond acceptors (Lipinski definition) is 4. The van der Waals surface area contributed by atoms with Gasteiger partial charge in [0.25, 0.3) is 0 Å².